The van der Waals surface area contributed by atoms with Gasteiger partial charge in [0, 0.05) is 16.7 Å². The molecule has 0 radical (unpaired) electrons. The molecule has 1 heterocycles. The van der Waals surface area contributed by atoms with E-state index in [0.717, 1.165) is 27.2 Å². The van der Waals surface area contributed by atoms with Crippen molar-refractivity contribution in [1.82, 2.24) is 0 Å². The van der Waals surface area contributed by atoms with E-state index in [-0.39, 0.29) is 11.8 Å². The van der Waals surface area contributed by atoms with E-state index < -0.39 is 5.82 Å². The molecule has 0 unspecified atom stereocenters. The lowest BCUT2D eigenvalue weighted by Gasteiger charge is -2.10. The quantitative estimate of drug-likeness (QED) is 0.871. The summed E-state index contributed by atoms with van der Waals surface area (Å²) in [5.74, 6) is 1.02. The molecule has 2 aromatic rings. The summed E-state index contributed by atoms with van der Waals surface area (Å²) in [6.07, 6.45) is 0. The van der Waals surface area contributed by atoms with Gasteiger partial charge in [-0.3, -0.25) is 0 Å². The van der Waals surface area contributed by atoms with E-state index in [2.05, 4.69) is 21.2 Å². The van der Waals surface area contributed by atoms with Crippen LogP contribution in [-0.4, -0.2) is 6.79 Å². The summed E-state index contributed by atoms with van der Waals surface area (Å²) < 4.78 is 24.6. The van der Waals surface area contributed by atoms with Gasteiger partial charge in [0.1, 0.15) is 5.82 Å². The Bertz CT molecular complexity index is 666. The van der Waals surface area contributed by atoms with Crippen molar-refractivity contribution in [1.29, 1.82) is 0 Å². The fraction of sp³-hybridized carbons (Fsp3) is 0.143. The molecule has 20 heavy (non-hydrogen) atoms. The topological polar surface area (TPSA) is 30.5 Å². The lowest BCUT2D eigenvalue weighted by molar-refractivity contribution is 0.174. The summed E-state index contributed by atoms with van der Waals surface area (Å²) in [7, 11) is 0. The van der Waals surface area contributed by atoms with E-state index in [9.17, 15) is 4.39 Å². The van der Waals surface area contributed by atoms with Crippen molar-refractivity contribution >= 4 is 33.2 Å². The highest BCUT2D eigenvalue weighted by molar-refractivity contribution is 9.10. The molecular weight excluding hydrogens is 349 g/mol. The lowest BCUT2D eigenvalue weighted by Crippen LogP contribution is -2.00. The van der Waals surface area contributed by atoms with Crippen molar-refractivity contribution in [2.24, 2.45) is 0 Å². The van der Waals surface area contributed by atoms with Crippen molar-refractivity contribution in [2.45, 2.75) is 6.54 Å². The number of rotatable bonds is 3. The van der Waals surface area contributed by atoms with Crippen LogP contribution >= 0.6 is 27.5 Å². The molecule has 1 aliphatic rings. The molecule has 3 nitrogen and oxygen atoms in total. The Morgan fingerprint density at radius 1 is 1.20 bits per heavy atom. The summed E-state index contributed by atoms with van der Waals surface area (Å²) >= 11 is 9.23. The molecule has 0 spiro atoms. The van der Waals surface area contributed by atoms with Crippen molar-refractivity contribution < 1.29 is 13.9 Å². The first-order valence-electron chi connectivity index (χ1n) is 5.90. The maximum atomic E-state index is 13.1. The lowest BCUT2D eigenvalue weighted by atomic mass is 10.2. The second-order valence-electron chi connectivity index (χ2n) is 4.28. The van der Waals surface area contributed by atoms with E-state index in [0.29, 0.717) is 6.54 Å². The molecule has 0 aliphatic carbocycles. The SMILES string of the molecule is Fc1ccc(NCc2cc3c(cc2Br)OCO3)cc1Cl. The smallest absolute Gasteiger partial charge is 0.231 e. The van der Waals surface area contributed by atoms with Crippen LogP contribution < -0.4 is 14.8 Å². The Labute approximate surface area is 128 Å². The van der Waals surface area contributed by atoms with Gasteiger partial charge in [-0.05, 0) is 35.9 Å². The first kappa shape index (κ1) is 13.5. The molecule has 0 fully saturated rings. The fourth-order valence-corrected chi connectivity index (χ4v) is 2.54. The molecule has 3 rings (SSSR count). The van der Waals surface area contributed by atoms with Gasteiger partial charge in [-0.1, -0.05) is 27.5 Å². The Balaban J connectivity index is 1.76. The number of halogens is 3. The number of hydrogen-bond acceptors (Lipinski definition) is 3. The monoisotopic (exact) mass is 357 g/mol. The number of fused-ring (bicyclic) bond motifs is 1. The summed E-state index contributed by atoms with van der Waals surface area (Å²) in [4.78, 5) is 0. The molecule has 6 heteroatoms. The molecule has 0 bridgehead atoms. The second kappa shape index (κ2) is 5.50. The van der Waals surface area contributed by atoms with Crippen molar-refractivity contribution in [2.75, 3.05) is 12.1 Å². The predicted molar refractivity (Wildman–Crippen MR) is 79.0 cm³/mol. The van der Waals surface area contributed by atoms with Crippen LogP contribution in [0, 0.1) is 5.82 Å². The van der Waals surface area contributed by atoms with Crippen LogP contribution in [0.15, 0.2) is 34.8 Å². The zero-order valence-electron chi connectivity index (χ0n) is 10.3. The van der Waals surface area contributed by atoms with E-state index >= 15 is 0 Å². The van der Waals surface area contributed by atoms with Gasteiger partial charge in [0.25, 0.3) is 0 Å². The van der Waals surface area contributed by atoms with Crippen LogP contribution in [0.3, 0.4) is 0 Å². The zero-order chi connectivity index (χ0) is 14.1. The van der Waals surface area contributed by atoms with Gasteiger partial charge in [0.05, 0.1) is 5.02 Å². The largest absolute Gasteiger partial charge is 0.454 e. The van der Waals surface area contributed by atoms with Crippen LogP contribution in [0.25, 0.3) is 0 Å². The first-order valence-corrected chi connectivity index (χ1v) is 7.07. The molecular formula is C14H10BrClFNO2. The molecule has 1 N–H and O–H groups in total. The maximum absolute atomic E-state index is 13.1. The summed E-state index contributed by atoms with van der Waals surface area (Å²) in [6.45, 7) is 0.797. The van der Waals surface area contributed by atoms with Gasteiger partial charge in [0.15, 0.2) is 11.5 Å². The fourth-order valence-electron chi connectivity index (χ4n) is 1.90. The van der Waals surface area contributed by atoms with E-state index in [1.807, 2.05) is 12.1 Å². The molecule has 2 aromatic carbocycles. The Kier molecular flexibility index (Phi) is 3.72. The Morgan fingerprint density at radius 2 is 1.95 bits per heavy atom. The average Bonchev–Trinajstić information content (AvgIpc) is 2.87. The average molecular weight is 359 g/mol. The highest BCUT2D eigenvalue weighted by atomic mass is 79.9. The normalized spacial score (nSPS) is 12.6. The van der Waals surface area contributed by atoms with Crippen molar-refractivity contribution in [3.8, 4) is 11.5 Å². The highest BCUT2D eigenvalue weighted by Gasteiger charge is 2.16. The molecule has 0 atom stereocenters. The van der Waals surface area contributed by atoms with Crippen LogP contribution in [0.5, 0.6) is 11.5 Å². The molecule has 0 amide bonds. The first-order chi connectivity index (χ1) is 9.63. The van der Waals surface area contributed by atoms with E-state index in [1.54, 1.807) is 12.1 Å². The second-order valence-corrected chi connectivity index (χ2v) is 5.54. The molecule has 0 saturated heterocycles. The van der Waals surface area contributed by atoms with Crippen LogP contribution in [0.1, 0.15) is 5.56 Å². The maximum Gasteiger partial charge on any atom is 0.231 e. The number of anilines is 1. The van der Waals surface area contributed by atoms with Crippen molar-refractivity contribution in [3.05, 3.63) is 51.2 Å². The standard InChI is InChI=1S/C14H10BrClFNO2/c15-10-5-14-13(19-7-20-14)3-8(10)6-18-9-1-2-12(17)11(16)4-9/h1-5,18H,6-7H2. The van der Waals surface area contributed by atoms with Gasteiger partial charge in [-0.15, -0.1) is 0 Å². The number of benzene rings is 2. The third-order valence-electron chi connectivity index (χ3n) is 2.94. The Hall–Kier alpha value is -1.46. The minimum atomic E-state index is -0.429. The number of nitrogens with one attached hydrogen (secondary N) is 1. The minimum Gasteiger partial charge on any atom is -0.454 e. The van der Waals surface area contributed by atoms with Gasteiger partial charge < -0.3 is 14.8 Å². The van der Waals surface area contributed by atoms with Crippen molar-refractivity contribution in [3.63, 3.8) is 0 Å². The van der Waals surface area contributed by atoms with Gasteiger partial charge in [-0.25, -0.2) is 4.39 Å². The van der Waals surface area contributed by atoms with Crippen LogP contribution in [0.2, 0.25) is 5.02 Å². The summed E-state index contributed by atoms with van der Waals surface area (Å²) in [5, 5.41) is 3.28. The molecule has 104 valence electrons. The Morgan fingerprint density at radius 3 is 2.70 bits per heavy atom. The highest BCUT2D eigenvalue weighted by Crippen LogP contribution is 2.37. The van der Waals surface area contributed by atoms with Gasteiger partial charge >= 0.3 is 0 Å². The third-order valence-corrected chi connectivity index (χ3v) is 3.97. The summed E-state index contributed by atoms with van der Waals surface area (Å²) in [5.41, 5.74) is 1.76. The summed E-state index contributed by atoms with van der Waals surface area (Å²) in [6, 6.07) is 8.31. The van der Waals surface area contributed by atoms with Crippen LogP contribution in [-0.2, 0) is 6.54 Å². The number of hydrogen-bond donors (Lipinski definition) is 1. The molecule has 0 saturated carbocycles. The minimum absolute atomic E-state index is 0.0970. The molecule has 0 aromatic heterocycles. The molecule has 1 aliphatic heterocycles. The van der Waals surface area contributed by atoms with E-state index in [4.69, 9.17) is 21.1 Å². The third kappa shape index (κ3) is 2.69. The van der Waals surface area contributed by atoms with Gasteiger partial charge in [0.2, 0.25) is 6.79 Å². The van der Waals surface area contributed by atoms with E-state index in [1.165, 1.54) is 6.07 Å². The number of ether oxygens (including phenoxy) is 2. The van der Waals surface area contributed by atoms with Gasteiger partial charge in [-0.2, -0.15) is 0 Å². The zero-order valence-corrected chi connectivity index (χ0v) is 12.6. The predicted octanol–water partition coefficient (Wildman–Crippen LogP) is 4.58. The van der Waals surface area contributed by atoms with Crippen LogP contribution in [0.4, 0.5) is 10.1 Å².